The molecule has 5 nitrogen and oxygen atoms in total. The molecule has 7 heteroatoms. The third kappa shape index (κ3) is 3.33. The van der Waals surface area contributed by atoms with Crippen molar-refractivity contribution >= 4 is 28.6 Å². The predicted molar refractivity (Wildman–Crippen MR) is 80.1 cm³/mol. The van der Waals surface area contributed by atoms with Crippen LogP contribution < -0.4 is 5.32 Å². The Kier molecular flexibility index (Phi) is 4.37. The maximum atomic E-state index is 10.7. The predicted octanol–water partition coefficient (Wildman–Crippen LogP) is 3.73. The van der Waals surface area contributed by atoms with Gasteiger partial charge in [0.1, 0.15) is 5.01 Å². The zero-order valence-electron chi connectivity index (χ0n) is 11.1. The van der Waals surface area contributed by atoms with Gasteiger partial charge in [-0.2, -0.15) is 0 Å². The number of halogens is 1. The lowest BCUT2D eigenvalue weighted by atomic mass is 10.1. The van der Waals surface area contributed by atoms with Crippen molar-refractivity contribution in [3.8, 4) is 0 Å². The fourth-order valence-electron chi connectivity index (χ4n) is 1.72. The third-order valence-corrected chi connectivity index (χ3v) is 4.38. The van der Waals surface area contributed by atoms with Gasteiger partial charge in [0.2, 0.25) is 0 Å². The Morgan fingerprint density at radius 1 is 1.50 bits per heavy atom. The minimum Gasteiger partial charge on any atom is -0.302 e. The molecule has 0 bridgehead atoms. The first-order valence-corrected chi connectivity index (χ1v) is 7.24. The number of nitro groups is 1. The second kappa shape index (κ2) is 5.87. The summed E-state index contributed by atoms with van der Waals surface area (Å²) in [5.74, 6) is 0. The molecular formula is C13H14ClN3O2S. The summed E-state index contributed by atoms with van der Waals surface area (Å²) < 4.78 is 0. The molecule has 0 saturated carbocycles. The van der Waals surface area contributed by atoms with Crippen LogP contribution in [0, 0.1) is 10.1 Å². The number of aromatic nitrogens is 1. The van der Waals surface area contributed by atoms with Crippen LogP contribution in [0.2, 0.25) is 5.02 Å². The maximum Gasteiger partial charge on any atom is 0.270 e. The summed E-state index contributed by atoms with van der Waals surface area (Å²) in [6.07, 6.45) is 1.77. The van der Waals surface area contributed by atoms with Crippen LogP contribution in [0.3, 0.4) is 0 Å². The van der Waals surface area contributed by atoms with E-state index in [0.29, 0.717) is 11.6 Å². The number of nitrogens with zero attached hydrogens (tertiary/aromatic N) is 2. The number of nitrogens with one attached hydrogen (secondary N) is 1. The van der Waals surface area contributed by atoms with Crippen LogP contribution in [-0.4, -0.2) is 9.91 Å². The number of hydrogen-bond donors (Lipinski definition) is 1. The van der Waals surface area contributed by atoms with E-state index >= 15 is 0 Å². The van der Waals surface area contributed by atoms with Crippen molar-refractivity contribution < 1.29 is 4.92 Å². The van der Waals surface area contributed by atoms with Crippen molar-refractivity contribution in [1.82, 2.24) is 10.3 Å². The molecule has 1 aromatic heterocycles. The van der Waals surface area contributed by atoms with E-state index in [4.69, 9.17) is 11.6 Å². The molecule has 0 amide bonds. The summed E-state index contributed by atoms with van der Waals surface area (Å²) in [5, 5.41) is 17.3. The number of thiazole rings is 1. The Morgan fingerprint density at radius 3 is 2.80 bits per heavy atom. The molecule has 0 aliphatic rings. The highest BCUT2D eigenvalue weighted by Gasteiger charge is 2.22. The number of hydrogen-bond acceptors (Lipinski definition) is 5. The van der Waals surface area contributed by atoms with Crippen LogP contribution in [-0.2, 0) is 12.1 Å². The number of nitro benzene ring substituents is 1. The van der Waals surface area contributed by atoms with Crippen LogP contribution in [0.1, 0.15) is 24.4 Å². The monoisotopic (exact) mass is 311 g/mol. The largest absolute Gasteiger partial charge is 0.302 e. The van der Waals surface area contributed by atoms with Crippen LogP contribution in [0.5, 0.6) is 0 Å². The number of benzene rings is 1. The van der Waals surface area contributed by atoms with Crippen molar-refractivity contribution in [2.24, 2.45) is 0 Å². The van der Waals surface area contributed by atoms with Gasteiger partial charge in [-0.1, -0.05) is 11.6 Å². The summed E-state index contributed by atoms with van der Waals surface area (Å²) in [5.41, 5.74) is 0.541. The third-order valence-electron chi connectivity index (χ3n) is 2.94. The van der Waals surface area contributed by atoms with Gasteiger partial charge in [0.25, 0.3) is 5.69 Å². The van der Waals surface area contributed by atoms with E-state index in [2.05, 4.69) is 10.3 Å². The lowest BCUT2D eigenvalue weighted by molar-refractivity contribution is -0.384. The Balaban J connectivity index is 2.10. The molecule has 1 heterocycles. The topological polar surface area (TPSA) is 68.1 Å². The second-order valence-electron chi connectivity index (χ2n) is 4.85. The fraction of sp³-hybridized carbons (Fsp3) is 0.308. The van der Waals surface area contributed by atoms with Gasteiger partial charge in [-0.05, 0) is 25.5 Å². The molecule has 0 aliphatic carbocycles. The van der Waals surface area contributed by atoms with E-state index in [1.165, 1.54) is 12.1 Å². The van der Waals surface area contributed by atoms with E-state index in [0.717, 1.165) is 10.6 Å². The van der Waals surface area contributed by atoms with Crippen molar-refractivity contribution in [3.05, 3.63) is 55.5 Å². The molecule has 1 N–H and O–H groups in total. The fourth-order valence-corrected chi connectivity index (χ4v) is 2.70. The van der Waals surface area contributed by atoms with Crippen LogP contribution in [0.4, 0.5) is 5.69 Å². The number of non-ortho nitro benzene ring substituents is 1. The van der Waals surface area contributed by atoms with Gasteiger partial charge in [-0.3, -0.25) is 10.1 Å². The van der Waals surface area contributed by atoms with Gasteiger partial charge in [-0.25, -0.2) is 4.98 Å². The Labute approximate surface area is 125 Å². The van der Waals surface area contributed by atoms with Gasteiger partial charge in [0.15, 0.2) is 0 Å². The quantitative estimate of drug-likeness (QED) is 0.675. The summed E-state index contributed by atoms with van der Waals surface area (Å²) in [6, 6.07) is 4.50. The smallest absolute Gasteiger partial charge is 0.270 e. The molecule has 2 rings (SSSR count). The molecule has 0 spiro atoms. The van der Waals surface area contributed by atoms with E-state index in [9.17, 15) is 10.1 Å². The Hall–Kier alpha value is -1.50. The first-order valence-electron chi connectivity index (χ1n) is 5.98. The highest BCUT2D eigenvalue weighted by molar-refractivity contribution is 7.09. The summed E-state index contributed by atoms with van der Waals surface area (Å²) in [4.78, 5) is 14.5. The van der Waals surface area contributed by atoms with Crippen LogP contribution in [0.25, 0.3) is 0 Å². The molecule has 0 fully saturated rings. The molecule has 20 heavy (non-hydrogen) atoms. The first kappa shape index (κ1) is 14.9. The summed E-state index contributed by atoms with van der Waals surface area (Å²) in [6.45, 7) is 4.58. The van der Waals surface area contributed by atoms with Gasteiger partial charge in [0.05, 0.1) is 15.5 Å². The average Bonchev–Trinajstić information content (AvgIpc) is 2.91. The highest BCUT2D eigenvalue weighted by atomic mass is 35.5. The van der Waals surface area contributed by atoms with Crippen molar-refractivity contribution in [1.29, 1.82) is 0 Å². The zero-order chi connectivity index (χ0) is 14.8. The minimum absolute atomic E-state index is 0.00191. The Morgan fingerprint density at radius 2 is 2.25 bits per heavy atom. The van der Waals surface area contributed by atoms with Gasteiger partial charge >= 0.3 is 0 Å². The molecule has 0 saturated heterocycles. The minimum atomic E-state index is -0.456. The lowest BCUT2D eigenvalue weighted by Crippen LogP contribution is -2.35. The van der Waals surface area contributed by atoms with Gasteiger partial charge in [-0.15, -0.1) is 11.3 Å². The molecule has 1 aromatic carbocycles. The van der Waals surface area contributed by atoms with Crippen molar-refractivity contribution in [3.63, 3.8) is 0 Å². The standard InChI is InChI=1S/C13H14ClN3O2S/c1-13(2,12-15-5-6-20-12)16-8-9-3-4-10(17(18)19)7-11(9)14/h3-7,16H,8H2,1-2H3. The van der Waals surface area contributed by atoms with E-state index in [-0.39, 0.29) is 11.2 Å². The SMILES string of the molecule is CC(C)(NCc1ccc([N+](=O)[O-])cc1Cl)c1nccs1. The molecule has 0 radical (unpaired) electrons. The van der Waals surface area contributed by atoms with Crippen LogP contribution >= 0.6 is 22.9 Å². The molecule has 0 unspecified atom stereocenters. The van der Waals surface area contributed by atoms with Crippen LogP contribution in [0.15, 0.2) is 29.8 Å². The first-order chi connectivity index (χ1) is 9.40. The molecule has 0 atom stereocenters. The van der Waals surface area contributed by atoms with Crippen molar-refractivity contribution in [2.75, 3.05) is 0 Å². The van der Waals surface area contributed by atoms with Gasteiger partial charge < -0.3 is 5.32 Å². The summed E-state index contributed by atoms with van der Waals surface area (Å²) in [7, 11) is 0. The molecule has 2 aromatic rings. The average molecular weight is 312 g/mol. The Bertz CT molecular complexity index is 614. The number of rotatable bonds is 5. The lowest BCUT2D eigenvalue weighted by Gasteiger charge is -2.24. The van der Waals surface area contributed by atoms with E-state index in [1.807, 2.05) is 19.2 Å². The van der Waals surface area contributed by atoms with Gasteiger partial charge in [0, 0.05) is 30.3 Å². The molecular weight excluding hydrogens is 298 g/mol. The zero-order valence-corrected chi connectivity index (χ0v) is 12.7. The van der Waals surface area contributed by atoms with E-state index in [1.54, 1.807) is 23.6 Å². The second-order valence-corrected chi connectivity index (χ2v) is 6.15. The maximum absolute atomic E-state index is 10.7. The molecule has 0 aliphatic heterocycles. The summed E-state index contributed by atoms with van der Waals surface area (Å²) >= 11 is 7.65. The van der Waals surface area contributed by atoms with E-state index < -0.39 is 4.92 Å². The molecule has 106 valence electrons. The highest BCUT2D eigenvalue weighted by Crippen LogP contribution is 2.25. The normalized spacial score (nSPS) is 11.6. The van der Waals surface area contributed by atoms with Crippen molar-refractivity contribution in [2.45, 2.75) is 25.9 Å².